The number of carbonyl (C=O) groups excluding carboxylic acids is 2. The van der Waals surface area contributed by atoms with Gasteiger partial charge in [0.2, 0.25) is 11.9 Å². The van der Waals surface area contributed by atoms with Crippen LogP contribution >= 0.6 is 0 Å². The smallest absolute Gasteiger partial charge is 0.402 e. The molecule has 3 atom stereocenters. The van der Waals surface area contributed by atoms with Gasteiger partial charge in [-0.1, -0.05) is 24.3 Å². The van der Waals surface area contributed by atoms with Crippen molar-refractivity contribution in [1.82, 2.24) is 35.6 Å². The van der Waals surface area contributed by atoms with Crippen LogP contribution < -0.4 is 20.5 Å². The number of piperazine rings is 1. The normalized spacial score (nSPS) is 22.2. The summed E-state index contributed by atoms with van der Waals surface area (Å²) >= 11 is 0. The number of fused-ring (bicyclic) bond motifs is 1. The Bertz CT molecular complexity index is 1570. The van der Waals surface area contributed by atoms with E-state index in [-0.39, 0.29) is 31.3 Å². The molecular formula is C29H28F3N9O3. The Morgan fingerprint density at radius 2 is 1.84 bits per heavy atom. The average Bonchev–Trinajstić information content (AvgIpc) is 3.41. The van der Waals surface area contributed by atoms with Crippen LogP contribution in [0.4, 0.5) is 19.1 Å². The van der Waals surface area contributed by atoms with E-state index in [1.807, 2.05) is 35.2 Å². The van der Waals surface area contributed by atoms with Crippen molar-refractivity contribution < 1.29 is 27.5 Å². The van der Waals surface area contributed by atoms with Crippen molar-refractivity contribution >= 4 is 17.8 Å². The number of benzene rings is 1. The lowest BCUT2D eigenvalue weighted by atomic mass is 9.94. The summed E-state index contributed by atoms with van der Waals surface area (Å²) in [7, 11) is 0. The predicted molar refractivity (Wildman–Crippen MR) is 149 cm³/mol. The second-order valence-corrected chi connectivity index (χ2v) is 10.7. The number of hydrogen-bond acceptors (Lipinski definition) is 10. The number of hydrazine groups is 1. The molecule has 228 valence electrons. The Kier molecular flexibility index (Phi) is 8.02. The molecule has 2 amide bonds. The predicted octanol–water partition coefficient (Wildman–Crippen LogP) is 1.82. The van der Waals surface area contributed by atoms with Gasteiger partial charge in [0, 0.05) is 57.6 Å². The lowest BCUT2D eigenvalue weighted by molar-refractivity contribution is -0.202. The molecule has 0 saturated carbocycles. The molecule has 0 spiro atoms. The zero-order chi connectivity index (χ0) is 30.8. The van der Waals surface area contributed by atoms with E-state index < -0.39 is 30.1 Å². The number of nitrogens with one attached hydrogen (secondary N) is 2. The van der Waals surface area contributed by atoms with E-state index in [1.165, 1.54) is 24.7 Å². The number of pyridine rings is 1. The summed E-state index contributed by atoms with van der Waals surface area (Å²) in [6.07, 6.45) is -0.358. The number of nitrogens with zero attached hydrogens (tertiary/aromatic N) is 7. The summed E-state index contributed by atoms with van der Waals surface area (Å²) in [4.78, 5) is 43.5. The number of alkyl halides is 3. The summed E-state index contributed by atoms with van der Waals surface area (Å²) in [5.41, 5.74) is 6.95. The zero-order valence-corrected chi connectivity index (χ0v) is 23.4. The molecule has 2 saturated heterocycles. The molecule has 3 aliphatic rings. The maximum Gasteiger partial charge on any atom is 0.402 e. The molecule has 0 bridgehead atoms. The first-order valence-electron chi connectivity index (χ1n) is 14.0. The van der Waals surface area contributed by atoms with E-state index in [0.29, 0.717) is 43.4 Å². The van der Waals surface area contributed by atoms with Gasteiger partial charge in [0.1, 0.15) is 24.1 Å². The molecule has 2 aromatic heterocycles. The number of nitriles is 1. The SMILES string of the molecule is N#Cc1cnc(N2CCN(C(=O)c3cc(OC[C@H]4c5ccccc5CN4C4CNNC(=O)C4C(F)(F)F)ccn3)CC2)nc1. The van der Waals surface area contributed by atoms with Crippen LogP contribution in [0.5, 0.6) is 5.75 Å². The summed E-state index contributed by atoms with van der Waals surface area (Å²) in [5.74, 6) is -2.76. The van der Waals surface area contributed by atoms with Crippen LogP contribution in [0.15, 0.2) is 55.0 Å². The Labute approximate surface area is 250 Å². The van der Waals surface area contributed by atoms with Gasteiger partial charge in [-0.25, -0.2) is 15.4 Å². The molecule has 44 heavy (non-hydrogen) atoms. The van der Waals surface area contributed by atoms with Crippen molar-refractivity contribution in [3.05, 3.63) is 77.4 Å². The standard InChI is InChI=1S/C29H28F3N9O3/c30-29(31,32)25-23(15-37-38-26(25)42)41-16-19-3-1-2-4-21(19)24(41)17-44-20-5-6-34-22(11-20)27(43)39-7-9-40(10-8-39)28-35-13-18(12-33)14-36-28/h1-6,11,13-14,23-25,37H,7-10,15-17H2,(H,38,42)/t23?,24-,25?/m0/s1. The number of rotatable bonds is 6. The Hall–Kier alpha value is -4.81. The Morgan fingerprint density at radius 1 is 1.09 bits per heavy atom. The summed E-state index contributed by atoms with van der Waals surface area (Å²) < 4.78 is 48.1. The maximum atomic E-state index is 14.0. The first-order valence-corrected chi connectivity index (χ1v) is 14.0. The molecule has 1 aromatic carbocycles. The van der Waals surface area contributed by atoms with Crippen LogP contribution in [-0.2, 0) is 11.3 Å². The second-order valence-electron chi connectivity index (χ2n) is 10.7. The van der Waals surface area contributed by atoms with Gasteiger partial charge in [-0.3, -0.25) is 24.9 Å². The van der Waals surface area contributed by atoms with Crippen LogP contribution in [-0.4, -0.2) is 88.1 Å². The van der Waals surface area contributed by atoms with E-state index in [9.17, 15) is 22.8 Å². The van der Waals surface area contributed by atoms with Gasteiger partial charge in [0.05, 0.1) is 24.0 Å². The minimum Gasteiger partial charge on any atom is -0.491 e. The molecule has 15 heteroatoms. The summed E-state index contributed by atoms with van der Waals surface area (Å²) in [6, 6.07) is 10.8. The van der Waals surface area contributed by atoms with Gasteiger partial charge in [-0.15, -0.1) is 0 Å². The first-order chi connectivity index (χ1) is 21.2. The van der Waals surface area contributed by atoms with E-state index >= 15 is 0 Å². The molecule has 0 aliphatic carbocycles. The fourth-order valence-electron chi connectivity index (χ4n) is 5.92. The third-order valence-electron chi connectivity index (χ3n) is 8.11. The molecular weight excluding hydrogens is 579 g/mol. The van der Waals surface area contributed by atoms with E-state index in [0.717, 1.165) is 11.1 Å². The van der Waals surface area contributed by atoms with Crippen molar-refractivity contribution in [3.63, 3.8) is 0 Å². The second kappa shape index (κ2) is 12.1. The maximum absolute atomic E-state index is 14.0. The van der Waals surface area contributed by atoms with E-state index in [4.69, 9.17) is 10.00 Å². The highest BCUT2D eigenvalue weighted by molar-refractivity contribution is 5.92. The highest BCUT2D eigenvalue weighted by Crippen LogP contribution is 2.41. The van der Waals surface area contributed by atoms with Crippen molar-refractivity contribution in [2.75, 3.05) is 44.2 Å². The molecule has 0 radical (unpaired) electrons. The monoisotopic (exact) mass is 607 g/mol. The quantitative estimate of drug-likeness (QED) is 0.427. The van der Waals surface area contributed by atoms with Crippen molar-refractivity contribution in [2.24, 2.45) is 5.92 Å². The number of anilines is 1. The van der Waals surface area contributed by atoms with Gasteiger partial charge in [-0.05, 0) is 17.2 Å². The van der Waals surface area contributed by atoms with E-state index in [2.05, 4.69) is 25.8 Å². The minimum atomic E-state index is -4.72. The molecule has 3 aromatic rings. The molecule has 2 fully saturated rings. The van der Waals surface area contributed by atoms with E-state index in [1.54, 1.807) is 15.9 Å². The Morgan fingerprint density at radius 3 is 2.57 bits per heavy atom. The lowest BCUT2D eigenvalue weighted by Crippen LogP contribution is -2.64. The topological polar surface area (TPSA) is 140 Å². The van der Waals surface area contributed by atoms with Crippen molar-refractivity contribution in [3.8, 4) is 11.8 Å². The average molecular weight is 608 g/mol. The van der Waals surface area contributed by atoms with Crippen LogP contribution in [0.2, 0.25) is 0 Å². The third-order valence-corrected chi connectivity index (χ3v) is 8.11. The van der Waals surface area contributed by atoms with Gasteiger partial charge in [0.15, 0.2) is 5.92 Å². The molecule has 3 aliphatic heterocycles. The van der Waals surface area contributed by atoms with Gasteiger partial charge >= 0.3 is 6.18 Å². The highest BCUT2D eigenvalue weighted by Gasteiger charge is 2.55. The number of halogens is 3. The fourth-order valence-corrected chi connectivity index (χ4v) is 5.92. The summed E-state index contributed by atoms with van der Waals surface area (Å²) in [6.45, 7) is 1.96. The minimum absolute atomic E-state index is 0.000614. The fraction of sp³-hybridized carbons (Fsp3) is 0.379. The lowest BCUT2D eigenvalue weighted by Gasteiger charge is -2.40. The number of amides is 2. The number of ether oxygens (including phenoxy) is 1. The molecule has 5 heterocycles. The molecule has 2 N–H and O–H groups in total. The summed E-state index contributed by atoms with van der Waals surface area (Å²) in [5, 5.41) is 8.94. The number of carbonyl (C=O) groups is 2. The third kappa shape index (κ3) is 5.86. The number of aromatic nitrogens is 3. The molecule has 12 nitrogen and oxygen atoms in total. The first kappa shape index (κ1) is 29.3. The van der Waals surface area contributed by atoms with Crippen molar-refractivity contribution in [1.29, 1.82) is 5.26 Å². The zero-order valence-electron chi connectivity index (χ0n) is 23.4. The molecule has 6 rings (SSSR count). The number of hydrogen-bond donors (Lipinski definition) is 2. The largest absolute Gasteiger partial charge is 0.491 e. The molecule has 2 unspecified atom stereocenters. The van der Waals surface area contributed by atoms with Crippen molar-refractivity contribution in [2.45, 2.75) is 24.8 Å². The highest BCUT2D eigenvalue weighted by atomic mass is 19.4. The van der Waals surface area contributed by atoms with Gasteiger partial charge < -0.3 is 14.5 Å². The van der Waals surface area contributed by atoms with Crippen LogP contribution in [0.25, 0.3) is 0 Å². The van der Waals surface area contributed by atoms with Crippen LogP contribution in [0.3, 0.4) is 0 Å². The van der Waals surface area contributed by atoms with Crippen LogP contribution in [0, 0.1) is 17.2 Å². The van der Waals surface area contributed by atoms with Gasteiger partial charge in [-0.2, -0.15) is 18.4 Å². The van der Waals surface area contributed by atoms with Crippen LogP contribution in [0.1, 0.15) is 33.2 Å². The van der Waals surface area contributed by atoms with Gasteiger partial charge in [0.25, 0.3) is 5.91 Å². The Balaban J connectivity index is 1.13.